The van der Waals surface area contributed by atoms with Crippen LogP contribution in [0.5, 0.6) is 5.75 Å². The zero-order valence-electron chi connectivity index (χ0n) is 20.3. The van der Waals surface area contributed by atoms with Crippen molar-refractivity contribution in [2.24, 2.45) is 11.8 Å². The van der Waals surface area contributed by atoms with Gasteiger partial charge in [0.15, 0.2) is 5.75 Å². The normalized spacial score (nSPS) is 28.8. The number of para-hydroxylation sites is 1. The molecule has 0 unspecified atom stereocenters. The van der Waals surface area contributed by atoms with Crippen molar-refractivity contribution < 1.29 is 24.0 Å². The van der Waals surface area contributed by atoms with Crippen molar-refractivity contribution in [1.82, 2.24) is 4.90 Å². The molecule has 6 rings (SSSR count). The molecule has 0 saturated carbocycles. The third-order valence-electron chi connectivity index (χ3n) is 8.40. The van der Waals surface area contributed by atoms with Crippen molar-refractivity contribution in [3.63, 3.8) is 0 Å². The number of rotatable bonds is 4. The highest BCUT2D eigenvalue weighted by atomic mass is 16.6. The maximum atomic E-state index is 14.2. The van der Waals surface area contributed by atoms with E-state index in [2.05, 4.69) is 4.90 Å². The van der Waals surface area contributed by atoms with Gasteiger partial charge < -0.3 is 9.64 Å². The first-order valence-electron chi connectivity index (χ1n) is 12.2. The van der Waals surface area contributed by atoms with Gasteiger partial charge in [-0.1, -0.05) is 18.2 Å². The highest BCUT2D eigenvalue weighted by Crippen LogP contribution is 2.62. The fourth-order valence-corrected chi connectivity index (χ4v) is 7.10. The summed E-state index contributed by atoms with van der Waals surface area (Å²) in [6.45, 7) is 4.63. The Morgan fingerprint density at radius 1 is 1.14 bits per heavy atom. The van der Waals surface area contributed by atoms with Crippen LogP contribution in [-0.4, -0.2) is 53.8 Å². The molecular formula is C26H26N4O6. The van der Waals surface area contributed by atoms with Crippen molar-refractivity contribution in [2.45, 2.75) is 38.3 Å². The van der Waals surface area contributed by atoms with Gasteiger partial charge in [-0.3, -0.25) is 29.4 Å². The molecule has 3 amide bonds. The lowest BCUT2D eigenvalue weighted by molar-refractivity contribution is -0.385. The van der Waals surface area contributed by atoms with Gasteiger partial charge in [-0.05, 0) is 44.9 Å². The molecule has 4 aliphatic heterocycles. The number of hydrogen-bond acceptors (Lipinski definition) is 7. The predicted octanol–water partition coefficient (Wildman–Crippen LogP) is 2.76. The van der Waals surface area contributed by atoms with Crippen LogP contribution in [0, 0.1) is 28.9 Å². The Balaban J connectivity index is 1.55. The van der Waals surface area contributed by atoms with Crippen molar-refractivity contribution >= 4 is 34.8 Å². The minimum absolute atomic E-state index is 0.0325. The summed E-state index contributed by atoms with van der Waals surface area (Å²) < 4.78 is 5.22. The minimum atomic E-state index is -1.24. The largest absolute Gasteiger partial charge is 0.490 e. The first-order chi connectivity index (χ1) is 17.3. The first kappa shape index (κ1) is 22.7. The lowest BCUT2D eigenvalue weighted by Crippen LogP contribution is -2.56. The Morgan fingerprint density at radius 2 is 1.89 bits per heavy atom. The smallest absolute Gasteiger partial charge is 0.311 e. The van der Waals surface area contributed by atoms with Gasteiger partial charge in [0, 0.05) is 36.0 Å². The van der Waals surface area contributed by atoms with E-state index in [-0.39, 0.29) is 35.0 Å². The Kier molecular flexibility index (Phi) is 4.79. The molecule has 10 heteroatoms. The van der Waals surface area contributed by atoms with Crippen LogP contribution in [0.15, 0.2) is 36.4 Å². The molecule has 0 bridgehead atoms. The van der Waals surface area contributed by atoms with E-state index in [0.29, 0.717) is 18.7 Å². The fraction of sp³-hybridized carbons (Fsp3) is 0.423. The molecule has 0 aromatic heterocycles. The molecular weight excluding hydrogens is 464 g/mol. The first-order valence-corrected chi connectivity index (χ1v) is 12.2. The average molecular weight is 491 g/mol. The second-order valence-corrected chi connectivity index (χ2v) is 9.82. The van der Waals surface area contributed by atoms with Gasteiger partial charge >= 0.3 is 5.69 Å². The third kappa shape index (κ3) is 2.52. The molecule has 2 aromatic carbocycles. The summed E-state index contributed by atoms with van der Waals surface area (Å²) in [6, 6.07) is 10.0. The number of nitro benzene ring substituents is 1. The van der Waals surface area contributed by atoms with Crippen molar-refractivity contribution in [3.8, 4) is 5.75 Å². The maximum absolute atomic E-state index is 14.2. The van der Waals surface area contributed by atoms with Gasteiger partial charge in [0.25, 0.3) is 5.91 Å². The van der Waals surface area contributed by atoms with E-state index in [0.717, 1.165) is 29.0 Å². The fourth-order valence-electron chi connectivity index (χ4n) is 7.10. The molecule has 186 valence electrons. The van der Waals surface area contributed by atoms with Gasteiger partial charge in [-0.15, -0.1) is 0 Å². The molecule has 36 heavy (non-hydrogen) atoms. The van der Waals surface area contributed by atoms with Crippen molar-refractivity contribution in [3.05, 3.63) is 57.6 Å². The number of aryl methyl sites for hydroxylation is 1. The summed E-state index contributed by atoms with van der Waals surface area (Å²) in [5.74, 6) is -2.55. The number of likely N-dealkylation sites (N-methyl/N-ethyl adjacent to an activating group) is 1. The van der Waals surface area contributed by atoms with Crippen LogP contribution >= 0.6 is 0 Å². The topological polar surface area (TPSA) is 113 Å². The second-order valence-electron chi connectivity index (χ2n) is 9.82. The lowest BCUT2D eigenvalue weighted by Gasteiger charge is -2.37. The SMILES string of the molecule is CCN1C(=O)[C@]2(c3ccccc31)[C@@H]1C(=O)N(c3cc(OC)c([N+](=O)[O-])cc3C)C(=O)[C@H]1[C@@H]1CCCN12. The molecule has 3 saturated heterocycles. The highest BCUT2D eigenvalue weighted by Gasteiger charge is 2.75. The van der Waals surface area contributed by atoms with Crippen molar-refractivity contribution in [2.75, 3.05) is 30.0 Å². The van der Waals surface area contributed by atoms with E-state index in [1.54, 1.807) is 11.8 Å². The summed E-state index contributed by atoms with van der Waals surface area (Å²) in [5.41, 5.74) is 0.747. The summed E-state index contributed by atoms with van der Waals surface area (Å²) in [4.78, 5) is 58.3. The van der Waals surface area contributed by atoms with Crippen LogP contribution in [-0.2, 0) is 19.9 Å². The van der Waals surface area contributed by atoms with E-state index >= 15 is 0 Å². The van der Waals surface area contributed by atoms with Crippen LogP contribution in [0.3, 0.4) is 0 Å². The van der Waals surface area contributed by atoms with E-state index in [9.17, 15) is 24.5 Å². The van der Waals surface area contributed by atoms with Crippen LogP contribution in [0.2, 0.25) is 0 Å². The molecule has 0 radical (unpaired) electrons. The van der Waals surface area contributed by atoms with Crippen LogP contribution in [0.1, 0.15) is 30.9 Å². The number of nitro groups is 1. The highest BCUT2D eigenvalue weighted by molar-refractivity contribution is 6.26. The quantitative estimate of drug-likeness (QED) is 0.368. The summed E-state index contributed by atoms with van der Waals surface area (Å²) in [7, 11) is 1.31. The van der Waals surface area contributed by atoms with E-state index < -0.39 is 28.2 Å². The number of carbonyl (C=O) groups excluding carboxylic acids is 3. The number of nitrogens with zero attached hydrogens (tertiary/aromatic N) is 4. The number of amides is 3. The number of benzene rings is 2. The molecule has 1 spiro atoms. The number of imide groups is 1. The lowest BCUT2D eigenvalue weighted by atomic mass is 9.75. The molecule has 3 fully saturated rings. The second kappa shape index (κ2) is 7.60. The zero-order chi connectivity index (χ0) is 25.5. The Bertz CT molecular complexity index is 1360. The van der Waals surface area contributed by atoms with Gasteiger partial charge in [0.05, 0.1) is 29.6 Å². The van der Waals surface area contributed by atoms with E-state index in [4.69, 9.17) is 4.74 Å². The number of hydrogen-bond donors (Lipinski definition) is 0. The van der Waals surface area contributed by atoms with Crippen LogP contribution in [0.25, 0.3) is 0 Å². The number of anilines is 2. The Labute approximate surface area is 207 Å². The molecule has 4 heterocycles. The monoisotopic (exact) mass is 490 g/mol. The van der Waals surface area contributed by atoms with Gasteiger partial charge in [0.2, 0.25) is 11.8 Å². The minimum Gasteiger partial charge on any atom is -0.490 e. The van der Waals surface area contributed by atoms with Gasteiger partial charge in [-0.2, -0.15) is 0 Å². The summed E-state index contributed by atoms with van der Waals surface area (Å²) in [6.07, 6.45) is 1.56. The molecule has 10 nitrogen and oxygen atoms in total. The molecule has 2 aromatic rings. The Hall–Kier alpha value is -3.79. The zero-order valence-corrected chi connectivity index (χ0v) is 20.3. The average Bonchev–Trinajstić information content (AvgIpc) is 3.56. The van der Waals surface area contributed by atoms with Gasteiger partial charge in [0.1, 0.15) is 5.54 Å². The summed E-state index contributed by atoms with van der Waals surface area (Å²) >= 11 is 0. The number of fused-ring (bicyclic) bond motifs is 7. The number of methoxy groups -OCH3 is 1. The van der Waals surface area contributed by atoms with E-state index in [1.807, 2.05) is 31.2 Å². The van der Waals surface area contributed by atoms with Gasteiger partial charge in [-0.25, -0.2) is 4.90 Å². The molecule has 0 N–H and O–H groups in total. The number of ether oxygens (including phenoxy) is 1. The summed E-state index contributed by atoms with van der Waals surface area (Å²) in [5, 5.41) is 11.5. The predicted molar refractivity (Wildman–Crippen MR) is 130 cm³/mol. The molecule has 4 aliphatic rings. The molecule has 4 atom stereocenters. The standard InChI is InChI=1S/C26H26N4O6/c1-4-27-16-9-6-5-8-15(16)26(25(27)33)22-21(17-10-7-11-28(17)26)23(31)29(24(22)32)18-13-20(36-3)19(30(34)35)12-14(18)2/h5-6,8-9,12-13,17,21-22H,4,7,10-11H2,1-3H3/t17-,21-,22-,26-/m0/s1. The third-order valence-corrected chi connectivity index (χ3v) is 8.40. The maximum Gasteiger partial charge on any atom is 0.311 e. The Morgan fingerprint density at radius 3 is 2.58 bits per heavy atom. The van der Waals surface area contributed by atoms with Crippen molar-refractivity contribution in [1.29, 1.82) is 0 Å². The van der Waals surface area contributed by atoms with Crippen LogP contribution < -0.4 is 14.5 Å². The van der Waals surface area contributed by atoms with Crippen LogP contribution in [0.4, 0.5) is 17.1 Å². The number of carbonyl (C=O) groups is 3. The molecule has 0 aliphatic carbocycles. The van der Waals surface area contributed by atoms with E-state index in [1.165, 1.54) is 19.2 Å².